The van der Waals surface area contributed by atoms with Crippen LogP contribution in [0.1, 0.15) is 30.0 Å². The highest BCUT2D eigenvalue weighted by atomic mass is 16.5. The van der Waals surface area contributed by atoms with Crippen molar-refractivity contribution in [2.24, 2.45) is 0 Å². The molecular weight excluding hydrogens is 260 g/mol. The van der Waals surface area contributed by atoms with E-state index in [1.54, 1.807) is 0 Å². The number of hydrogen-bond donors (Lipinski definition) is 1. The zero-order valence-electron chi connectivity index (χ0n) is 12.3. The quantitative estimate of drug-likeness (QED) is 0.849. The summed E-state index contributed by atoms with van der Waals surface area (Å²) >= 11 is 0. The van der Waals surface area contributed by atoms with Crippen LogP contribution in [0.15, 0.2) is 48.5 Å². The van der Waals surface area contributed by atoms with Gasteiger partial charge in [0.05, 0.1) is 6.61 Å². The summed E-state index contributed by atoms with van der Waals surface area (Å²) in [6, 6.07) is 16.1. The Morgan fingerprint density at radius 1 is 1.05 bits per heavy atom. The number of para-hydroxylation sites is 1. The Balaban J connectivity index is 1.96. The highest BCUT2D eigenvalue weighted by Crippen LogP contribution is 2.19. The Labute approximate surface area is 126 Å². The van der Waals surface area contributed by atoms with E-state index in [9.17, 15) is 0 Å². The summed E-state index contributed by atoms with van der Waals surface area (Å²) in [4.78, 5) is 0. The molecule has 2 nitrogen and oxygen atoms in total. The van der Waals surface area contributed by atoms with Crippen LogP contribution < -0.4 is 4.74 Å². The van der Waals surface area contributed by atoms with E-state index in [-0.39, 0.29) is 6.61 Å². The first-order valence-corrected chi connectivity index (χ1v) is 7.23. The second kappa shape index (κ2) is 8.14. The molecular formula is C19H20O2. The van der Waals surface area contributed by atoms with Gasteiger partial charge < -0.3 is 9.84 Å². The van der Waals surface area contributed by atoms with Crippen molar-refractivity contribution in [1.82, 2.24) is 0 Å². The minimum atomic E-state index is 0.107. The van der Waals surface area contributed by atoms with Gasteiger partial charge in [-0.05, 0) is 35.7 Å². The number of rotatable bonds is 5. The van der Waals surface area contributed by atoms with E-state index < -0.39 is 0 Å². The lowest BCUT2D eigenvalue weighted by Crippen LogP contribution is -1.98. The van der Waals surface area contributed by atoms with Crippen molar-refractivity contribution in [3.8, 4) is 17.6 Å². The molecule has 0 aliphatic rings. The number of aliphatic hydroxyl groups is 1. The molecule has 0 heterocycles. The van der Waals surface area contributed by atoms with E-state index in [0.717, 1.165) is 23.3 Å². The first-order chi connectivity index (χ1) is 10.3. The number of hydrogen-bond acceptors (Lipinski definition) is 2. The molecule has 0 unspecified atom stereocenters. The van der Waals surface area contributed by atoms with Crippen molar-refractivity contribution in [2.75, 3.05) is 6.61 Å². The van der Waals surface area contributed by atoms with Gasteiger partial charge in [0.25, 0.3) is 0 Å². The van der Waals surface area contributed by atoms with Crippen molar-refractivity contribution in [3.63, 3.8) is 0 Å². The zero-order chi connectivity index (χ0) is 14.9. The fourth-order valence-electron chi connectivity index (χ4n) is 2.00. The molecule has 0 aromatic heterocycles. The maximum Gasteiger partial charge on any atom is 0.122 e. The van der Waals surface area contributed by atoms with Gasteiger partial charge >= 0.3 is 0 Å². The molecule has 0 atom stereocenters. The predicted octanol–water partition coefficient (Wildman–Crippen LogP) is 3.56. The molecule has 0 amide bonds. The lowest BCUT2D eigenvalue weighted by molar-refractivity contribution is 0.303. The van der Waals surface area contributed by atoms with Crippen LogP contribution in [0.5, 0.6) is 5.75 Å². The van der Waals surface area contributed by atoms with Gasteiger partial charge in [0.15, 0.2) is 0 Å². The van der Waals surface area contributed by atoms with Gasteiger partial charge in [0, 0.05) is 12.0 Å². The molecule has 2 heteroatoms. The Kier molecular flexibility index (Phi) is 5.87. The molecule has 1 N–H and O–H groups in total. The van der Waals surface area contributed by atoms with Gasteiger partial charge in [-0.25, -0.2) is 0 Å². The Hall–Kier alpha value is -2.24. The summed E-state index contributed by atoms with van der Waals surface area (Å²) in [5.41, 5.74) is 3.30. The minimum Gasteiger partial charge on any atom is -0.489 e. The molecule has 0 bridgehead atoms. The maximum absolute atomic E-state index is 8.69. The third kappa shape index (κ3) is 4.66. The normalized spacial score (nSPS) is 9.81. The van der Waals surface area contributed by atoms with Crippen LogP contribution in [0.25, 0.3) is 0 Å². The smallest absolute Gasteiger partial charge is 0.122 e. The van der Waals surface area contributed by atoms with Crippen LogP contribution in [-0.4, -0.2) is 11.7 Å². The fraction of sp³-hybridized carbons (Fsp3) is 0.263. The fourth-order valence-corrected chi connectivity index (χ4v) is 2.00. The highest BCUT2D eigenvalue weighted by molar-refractivity contribution is 5.37. The summed E-state index contributed by atoms with van der Waals surface area (Å²) in [7, 11) is 0. The van der Waals surface area contributed by atoms with Crippen LogP contribution in [-0.2, 0) is 13.0 Å². The minimum absolute atomic E-state index is 0.107. The number of aryl methyl sites for hydroxylation is 1. The molecule has 2 aromatic rings. The first kappa shape index (κ1) is 15.2. The summed E-state index contributed by atoms with van der Waals surface area (Å²) in [6.07, 6.45) is 1.48. The molecule has 0 saturated heterocycles. The van der Waals surface area contributed by atoms with Gasteiger partial charge in [-0.3, -0.25) is 0 Å². The average Bonchev–Trinajstić information content (AvgIpc) is 2.54. The summed E-state index contributed by atoms with van der Waals surface area (Å²) in [5.74, 6) is 6.88. The predicted molar refractivity (Wildman–Crippen MR) is 85.2 cm³/mol. The third-order valence-electron chi connectivity index (χ3n) is 3.17. The SMILES string of the molecule is CCc1ccccc1OCc1ccc(C#CCCO)cc1. The van der Waals surface area contributed by atoms with E-state index in [4.69, 9.17) is 9.84 Å². The second-order valence-electron chi connectivity index (χ2n) is 4.72. The second-order valence-corrected chi connectivity index (χ2v) is 4.72. The van der Waals surface area contributed by atoms with E-state index in [1.807, 2.05) is 42.5 Å². The van der Waals surface area contributed by atoms with E-state index in [0.29, 0.717) is 13.0 Å². The van der Waals surface area contributed by atoms with Gasteiger partial charge in [-0.15, -0.1) is 0 Å². The number of aliphatic hydroxyl groups excluding tert-OH is 1. The molecule has 108 valence electrons. The van der Waals surface area contributed by atoms with Gasteiger partial charge in [-0.2, -0.15) is 0 Å². The van der Waals surface area contributed by atoms with Crippen molar-refractivity contribution in [3.05, 3.63) is 65.2 Å². The Morgan fingerprint density at radius 2 is 1.81 bits per heavy atom. The first-order valence-electron chi connectivity index (χ1n) is 7.23. The van der Waals surface area contributed by atoms with Crippen LogP contribution >= 0.6 is 0 Å². The van der Waals surface area contributed by atoms with Crippen LogP contribution in [0.3, 0.4) is 0 Å². The standard InChI is InChI=1S/C19H20O2/c1-2-18-8-3-4-9-19(18)21-15-17-12-10-16(11-13-17)7-5-6-14-20/h3-4,8-13,20H,2,6,14-15H2,1H3. The van der Waals surface area contributed by atoms with Crippen molar-refractivity contribution < 1.29 is 9.84 Å². The van der Waals surface area contributed by atoms with Crippen LogP contribution in [0.2, 0.25) is 0 Å². The summed E-state index contributed by atoms with van der Waals surface area (Å²) in [6.45, 7) is 2.79. The summed E-state index contributed by atoms with van der Waals surface area (Å²) < 4.78 is 5.88. The maximum atomic E-state index is 8.69. The van der Waals surface area contributed by atoms with E-state index >= 15 is 0 Å². The lowest BCUT2D eigenvalue weighted by atomic mass is 10.1. The Bertz CT molecular complexity index is 618. The molecule has 0 saturated carbocycles. The molecule has 0 fully saturated rings. The number of benzene rings is 2. The highest BCUT2D eigenvalue weighted by Gasteiger charge is 2.01. The lowest BCUT2D eigenvalue weighted by Gasteiger charge is -2.10. The van der Waals surface area contributed by atoms with E-state index in [2.05, 4.69) is 24.8 Å². The molecule has 21 heavy (non-hydrogen) atoms. The topological polar surface area (TPSA) is 29.5 Å². The number of ether oxygens (including phenoxy) is 1. The monoisotopic (exact) mass is 280 g/mol. The van der Waals surface area contributed by atoms with Crippen molar-refractivity contribution >= 4 is 0 Å². The third-order valence-corrected chi connectivity index (χ3v) is 3.17. The largest absolute Gasteiger partial charge is 0.489 e. The molecule has 0 radical (unpaired) electrons. The van der Waals surface area contributed by atoms with Gasteiger partial charge in [0.1, 0.15) is 12.4 Å². The van der Waals surface area contributed by atoms with Gasteiger partial charge in [-0.1, -0.05) is 49.1 Å². The van der Waals surface area contributed by atoms with Crippen molar-refractivity contribution in [2.45, 2.75) is 26.4 Å². The van der Waals surface area contributed by atoms with Crippen LogP contribution in [0, 0.1) is 11.8 Å². The summed E-state index contributed by atoms with van der Waals surface area (Å²) in [5, 5.41) is 8.69. The Morgan fingerprint density at radius 3 is 2.52 bits per heavy atom. The van der Waals surface area contributed by atoms with Crippen molar-refractivity contribution in [1.29, 1.82) is 0 Å². The van der Waals surface area contributed by atoms with Crippen LogP contribution in [0.4, 0.5) is 0 Å². The average molecular weight is 280 g/mol. The molecule has 2 aromatic carbocycles. The zero-order valence-corrected chi connectivity index (χ0v) is 12.3. The molecule has 0 aliphatic carbocycles. The molecule has 2 rings (SSSR count). The van der Waals surface area contributed by atoms with E-state index in [1.165, 1.54) is 5.56 Å². The molecule has 0 spiro atoms. The van der Waals surface area contributed by atoms with Gasteiger partial charge in [0.2, 0.25) is 0 Å². The molecule has 0 aliphatic heterocycles.